The number of ether oxygens (including phenoxy) is 2. The van der Waals surface area contributed by atoms with Crippen molar-refractivity contribution in [3.05, 3.63) is 35.9 Å². The van der Waals surface area contributed by atoms with Crippen molar-refractivity contribution in [2.45, 2.75) is 103 Å². The van der Waals surface area contributed by atoms with E-state index in [4.69, 9.17) is 9.47 Å². The zero-order chi connectivity index (χ0) is 38.5. The maximum atomic E-state index is 14.2. The molecule has 3 N–H and O–H groups in total. The fourth-order valence-corrected chi connectivity index (χ4v) is 7.67. The van der Waals surface area contributed by atoms with Crippen LogP contribution in [-0.4, -0.2) is 152 Å². The highest BCUT2D eigenvalue weighted by Gasteiger charge is 2.43. The van der Waals surface area contributed by atoms with E-state index in [2.05, 4.69) is 22.5 Å². The van der Waals surface area contributed by atoms with Crippen LogP contribution in [0.15, 0.2) is 30.3 Å². The average molecular weight is 731 g/mol. The SMILES string of the molecule is CC[C@H](C)[C@@H]([C@@H](CC(=O)N1CCCC1[C@H](OC)[C@@H](C)C(=O)NC(CO)Cc1ccccc1)OC)N(C)C(=O)C(NC(=O)N1CCN(C)CC1)C(C)C. The highest BCUT2D eigenvalue weighted by molar-refractivity contribution is 5.87. The van der Waals surface area contributed by atoms with Crippen molar-refractivity contribution in [3.63, 3.8) is 0 Å². The number of hydrogen-bond acceptors (Lipinski definition) is 8. The minimum Gasteiger partial charge on any atom is -0.394 e. The molecule has 294 valence electrons. The van der Waals surface area contributed by atoms with E-state index >= 15 is 0 Å². The minimum atomic E-state index is -0.742. The third kappa shape index (κ3) is 11.4. The van der Waals surface area contributed by atoms with Gasteiger partial charge >= 0.3 is 6.03 Å². The molecule has 13 nitrogen and oxygen atoms in total. The smallest absolute Gasteiger partial charge is 0.318 e. The Bertz CT molecular complexity index is 1280. The molecular weight excluding hydrogens is 664 g/mol. The predicted molar refractivity (Wildman–Crippen MR) is 202 cm³/mol. The van der Waals surface area contributed by atoms with Crippen LogP contribution in [0.3, 0.4) is 0 Å². The molecule has 1 aromatic rings. The predicted octanol–water partition coefficient (Wildman–Crippen LogP) is 2.61. The number of nitrogens with one attached hydrogen (secondary N) is 2. The van der Waals surface area contributed by atoms with Gasteiger partial charge in [-0.3, -0.25) is 14.4 Å². The molecule has 0 aliphatic carbocycles. The fraction of sp³-hybridized carbons (Fsp3) is 0.744. The summed E-state index contributed by atoms with van der Waals surface area (Å²) in [5.74, 6) is -1.34. The number of likely N-dealkylation sites (N-methyl/N-ethyl adjacent to an activating group) is 2. The van der Waals surface area contributed by atoms with Gasteiger partial charge in [0.1, 0.15) is 6.04 Å². The molecule has 2 saturated heterocycles. The Labute approximate surface area is 311 Å². The van der Waals surface area contributed by atoms with Gasteiger partial charge in [0.25, 0.3) is 0 Å². The maximum Gasteiger partial charge on any atom is 0.318 e. The molecule has 8 atom stereocenters. The van der Waals surface area contributed by atoms with E-state index in [9.17, 15) is 24.3 Å². The lowest BCUT2D eigenvalue weighted by Crippen LogP contribution is -2.60. The molecule has 13 heteroatoms. The van der Waals surface area contributed by atoms with Crippen molar-refractivity contribution in [3.8, 4) is 0 Å². The zero-order valence-electron chi connectivity index (χ0n) is 33.0. The fourth-order valence-electron chi connectivity index (χ4n) is 7.67. The summed E-state index contributed by atoms with van der Waals surface area (Å²) in [6.07, 6.45) is 1.57. The third-order valence-electron chi connectivity index (χ3n) is 11.2. The molecule has 1 aromatic carbocycles. The second-order valence-corrected chi connectivity index (χ2v) is 15.1. The minimum absolute atomic E-state index is 0.00646. The van der Waals surface area contributed by atoms with Gasteiger partial charge in [0.2, 0.25) is 17.7 Å². The topological polar surface area (TPSA) is 144 Å². The molecule has 0 radical (unpaired) electrons. The summed E-state index contributed by atoms with van der Waals surface area (Å²) in [5.41, 5.74) is 1.01. The van der Waals surface area contributed by atoms with Crippen LogP contribution in [0.4, 0.5) is 4.79 Å². The Morgan fingerprint density at radius 1 is 0.962 bits per heavy atom. The molecule has 0 saturated carbocycles. The van der Waals surface area contributed by atoms with Crippen LogP contribution in [-0.2, 0) is 30.3 Å². The molecule has 52 heavy (non-hydrogen) atoms. The van der Waals surface area contributed by atoms with Crippen LogP contribution < -0.4 is 10.6 Å². The van der Waals surface area contributed by atoms with Gasteiger partial charge in [-0.1, -0.05) is 71.4 Å². The van der Waals surface area contributed by atoms with Crippen molar-refractivity contribution in [2.75, 3.05) is 67.6 Å². The van der Waals surface area contributed by atoms with E-state index in [0.717, 1.165) is 31.5 Å². The van der Waals surface area contributed by atoms with Gasteiger partial charge in [0.15, 0.2) is 0 Å². The second kappa shape index (κ2) is 20.8. The Balaban J connectivity index is 1.73. The summed E-state index contributed by atoms with van der Waals surface area (Å²) in [6, 6.07) is 7.49. The van der Waals surface area contributed by atoms with Gasteiger partial charge in [-0.05, 0) is 43.7 Å². The highest BCUT2D eigenvalue weighted by atomic mass is 16.5. The summed E-state index contributed by atoms with van der Waals surface area (Å²) >= 11 is 0. The molecular formula is C39H66N6O7. The number of aliphatic hydroxyl groups is 1. The van der Waals surface area contributed by atoms with Gasteiger partial charge in [-0.15, -0.1) is 0 Å². The van der Waals surface area contributed by atoms with E-state index in [-0.39, 0.29) is 54.7 Å². The quantitative estimate of drug-likeness (QED) is 0.209. The standard InChI is InChI=1S/C39H66N6O7/c1-10-27(4)35(43(7)38(49)34(26(2)3)41-39(50)44-21-19-42(6)20-22-44)32(51-8)24-33(47)45-18-14-17-31(45)36(52-9)28(5)37(48)40-30(25-46)23-29-15-12-11-13-16-29/h11-13,15-16,26-28,30-32,34-36,46H,10,14,17-25H2,1-9H3,(H,40,48)(H,41,50)/t27-,28+,30?,31?,32+,34?,35-,36+/m0/s1. The lowest BCUT2D eigenvalue weighted by Gasteiger charge is -2.41. The first-order valence-corrected chi connectivity index (χ1v) is 19.1. The zero-order valence-corrected chi connectivity index (χ0v) is 33.0. The van der Waals surface area contributed by atoms with E-state index in [0.29, 0.717) is 32.5 Å². The number of carbonyl (C=O) groups excluding carboxylic acids is 4. The number of nitrogens with zero attached hydrogens (tertiary/aromatic N) is 4. The largest absolute Gasteiger partial charge is 0.394 e. The maximum absolute atomic E-state index is 14.2. The number of aliphatic hydroxyl groups excluding tert-OH is 1. The molecule has 0 spiro atoms. The van der Waals surface area contributed by atoms with E-state index < -0.39 is 36.3 Å². The van der Waals surface area contributed by atoms with E-state index in [1.54, 1.807) is 42.9 Å². The number of methoxy groups -OCH3 is 2. The van der Waals surface area contributed by atoms with Crippen LogP contribution in [0, 0.1) is 17.8 Å². The summed E-state index contributed by atoms with van der Waals surface area (Å²) in [4.78, 5) is 62.4. The number of hydrogen-bond donors (Lipinski definition) is 3. The monoisotopic (exact) mass is 730 g/mol. The molecule has 3 unspecified atom stereocenters. The van der Waals surface area contributed by atoms with Crippen molar-refractivity contribution in [1.82, 2.24) is 30.2 Å². The Morgan fingerprint density at radius 3 is 2.17 bits per heavy atom. The lowest BCUT2D eigenvalue weighted by molar-refractivity contribution is -0.147. The van der Waals surface area contributed by atoms with Crippen LogP contribution in [0.1, 0.15) is 65.9 Å². The second-order valence-electron chi connectivity index (χ2n) is 15.1. The van der Waals surface area contributed by atoms with Crippen molar-refractivity contribution in [2.24, 2.45) is 17.8 Å². The molecule has 2 heterocycles. The number of benzene rings is 1. The summed E-state index contributed by atoms with van der Waals surface area (Å²) < 4.78 is 11.9. The number of likely N-dealkylation sites (tertiary alicyclic amines) is 1. The normalized spacial score (nSPS) is 20.8. The van der Waals surface area contributed by atoms with Crippen molar-refractivity contribution < 1.29 is 33.8 Å². The molecule has 0 aromatic heterocycles. The van der Waals surface area contributed by atoms with E-state index in [1.165, 1.54) is 0 Å². The average Bonchev–Trinajstić information content (AvgIpc) is 3.63. The highest BCUT2D eigenvalue weighted by Crippen LogP contribution is 2.29. The van der Waals surface area contributed by atoms with Crippen LogP contribution in [0.2, 0.25) is 0 Å². The number of piperazine rings is 1. The first-order chi connectivity index (χ1) is 24.8. The van der Waals surface area contributed by atoms with Gasteiger partial charge in [0, 0.05) is 54.0 Å². The number of rotatable bonds is 18. The first-order valence-electron chi connectivity index (χ1n) is 19.1. The Hall–Kier alpha value is -3.26. The Morgan fingerprint density at radius 2 is 1.62 bits per heavy atom. The number of carbonyl (C=O) groups is 4. The molecule has 0 bridgehead atoms. The Kier molecular flexibility index (Phi) is 17.3. The molecule has 2 aliphatic rings. The number of amides is 5. The van der Waals surface area contributed by atoms with Crippen LogP contribution in [0.5, 0.6) is 0 Å². The molecule has 2 aliphatic heterocycles. The summed E-state index contributed by atoms with van der Waals surface area (Å²) in [6.45, 7) is 12.8. The van der Waals surface area contributed by atoms with Crippen molar-refractivity contribution in [1.29, 1.82) is 0 Å². The summed E-state index contributed by atoms with van der Waals surface area (Å²) in [7, 11) is 6.90. The van der Waals surface area contributed by atoms with Gasteiger partial charge in [-0.2, -0.15) is 0 Å². The number of urea groups is 1. The molecule has 3 rings (SSSR count). The molecule has 2 fully saturated rings. The van der Waals surface area contributed by atoms with Gasteiger partial charge in [0.05, 0.1) is 49.3 Å². The summed E-state index contributed by atoms with van der Waals surface area (Å²) in [5, 5.41) is 16.0. The third-order valence-corrected chi connectivity index (χ3v) is 11.2. The van der Waals surface area contributed by atoms with E-state index in [1.807, 2.05) is 58.2 Å². The molecule has 5 amide bonds. The van der Waals surface area contributed by atoms with Gasteiger partial charge in [-0.25, -0.2) is 4.79 Å². The van der Waals surface area contributed by atoms with Crippen LogP contribution >= 0.6 is 0 Å². The lowest BCUT2D eigenvalue weighted by atomic mass is 9.89. The first kappa shape index (κ1) is 43.1. The van der Waals surface area contributed by atoms with Crippen molar-refractivity contribution >= 4 is 23.8 Å². The van der Waals surface area contributed by atoms with Crippen LogP contribution in [0.25, 0.3) is 0 Å². The van der Waals surface area contributed by atoms with Gasteiger partial charge < -0.3 is 44.8 Å².